The van der Waals surface area contributed by atoms with Gasteiger partial charge in [0.05, 0.1) is 5.69 Å². The smallest absolute Gasteiger partial charge is 0.165 e. The standard InChI is InChI=1S/C20H26FNO/c1-2-3-4-5-6-7-8-9-16-10-12-19(22-15-16)17-11-13-20(23)18(21)14-17/h10-15,23H,2-9H2,1H3. The van der Waals surface area contributed by atoms with Crippen molar-refractivity contribution in [3.05, 3.63) is 47.9 Å². The topological polar surface area (TPSA) is 33.1 Å². The second-order valence-corrected chi connectivity index (χ2v) is 6.09. The Morgan fingerprint density at radius 2 is 1.70 bits per heavy atom. The zero-order valence-corrected chi connectivity index (χ0v) is 13.9. The third-order valence-corrected chi connectivity index (χ3v) is 4.14. The molecule has 3 heteroatoms. The first-order chi connectivity index (χ1) is 11.2. The largest absolute Gasteiger partial charge is 0.505 e. The first-order valence-corrected chi connectivity index (χ1v) is 8.64. The second-order valence-electron chi connectivity index (χ2n) is 6.09. The molecule has 124 valence electrons. The second kappa shape index (κ2) is 9.29. The molecule has 2 nitrogen and oxygen atoms in total. The minimum absolute atomic E-state index is 0.329. The Hall–Kier alpha value is -1.90. The van der Waals surface area contributed by atoms with Gasteiger partial charge in [-0.05, 0) is 42.7 Å². The number of aromatic nitrogens is 1. The fourth-order valence-electron chi connectivity index (χ4n) is 2.70. The quantitative estimate of drug-likeness (QED) is 0.586. The van der Waals surface area contributed by atoms with E-state index in [9.17, 15) is 9.50 Å². The highest BCUT2D eigenvalue weighted by Crippen LogP contribution is 2.23. The van der Waals surface area contributed by atoms with Crippen LogP contribution in [0.2, 0.25) is 0 Å². The summed E-state index contributed by atoms with van der Waals surface area (Å²) in [7, 11) is 0. The molecule has 1 heterocycles. The lowest BCUT2D eigenvalue weighted by Gasteiger charge is -2.05. The molecule has 1 N–H and O–H groups in total. The maximum Gasteiger partial charge on any atom is 0.165 e. The van der Waals surface area contributed by atoms with Crippen LogP contribution in [0.3, 0.4) is 0 Å². The summed E-state index contributed by atoms with van der Waals surface area (Å²) in [6, 6.07) is 8.33. The highest BCUT2D eigenvalue weighted by Gasteiger charge is 2.05. The molecule has 0 spiro atoms. The van der Waals surface area contributed by atoms with E-state index < -0.39 is 5.82 Å². The lowest BCUT2D eigenvalue weighted by Crippen LogP contribution is -1.90. The van der Waals surface area contributed by atoms with Crippen molar-refractivity contribution in [1.82, 2.24) is 4.98 Å². The number of pyridine rings is 1. The van der Waals surface area contributed by atoms with Gasteiger partial charge in [0, 0.05) is 11.8 Å². The fraction of sp³-hybridized carbons (Fsp3) is 0.450. The predicted octanol–water partition coefficient (Wildman–Crippen LogP) is 5.89. The molecule has 2 rings (SSSR count). The molecule has 23 heavy (non-hydrogen) atoms. The van der Waals surface area contributed by atoms with Gasteiger partial charge >= 0.3 is 0 Å². The summed E-state index contributed by atoms with van der Waals surface area (Å²) in [6.45, 7) is 2.24. The molecule has 1 aromatic heterocycles. The van der Waals surface area contributed by atoms with Crippen LogP contribution in [-0.4, -0.2) is 10.1 Å². The van der Waals surface area contributed by atoms with Crippen LogP contribution in [0.4, 0.5) is 4.39 Å². The average Bonchev–Trinajstić information content (AvgIpc) is 2.57. The van der Waals surface area contributed by atoms with Crippen molar-refractivity contribution in [2.45, 2.75) is 58.3 Å². The summed E-state index contributed by atoms with van der Waals surface area (Å²) in [5.74, 6) is -0.944. The number of aryl methyl sites for hydroxylation is 1. The van der Waals surface area contributed by atoms with E-state index in [0.29, 0.717) is 5.56 Å². The van der Waals surface area contributed by atoms with Gasteiger partial charge in [0.2, 0.25) is 0 Å². The van der Waals surface area contributed by atoms with Crippen molar-refractivity contribution in [2.75, 3.05) is 0 Å². The van der Waals surface area contributed by atoms with Gasteiger partial charge in [0.1, 0.15) is 0 Å². The number of rotatable bonds is 9. The number of phenolic OH excluding ortho intramolecular Hbond substituents is 1. The maximum absolute atomic E-state index is 13.4. The molecule has 0 fully saturated rings. The summed E-state index contributed by atoms with van der Waals surface area (Å²) < 4.78 is 13.4. The van der Waals surface area contributed by atoms with Gasteiger partial charge in [-0.2, -0.15) is 0 Å². The van der Waals surface area contributed by atoms with E-state index in [4.69, 9.17) is 0 Å². The Bertz CT molecular complexity index is 595. The Morgan fingerprint density at radius 1 is 0.957 bits per heavy atom. The number of nitrogens with zero attached hydrogens (tertiary/aromatic N) is 1. The van der Waals surface area contributed by atoms with Gasteiger partial charge in [-0.25, -0.2) is 4.39 Å². The molecule has 0 bridgehead atoms. The van der Waals surface area contributed by atoms with E-state index in [0.717, 1.165) is 12.1 Å². The van der Waals surface area contributed by atoms with E-state index in [-0.39, 0.29) is 5.75 Å². The number of halogens is 1. The lowest BCUT2D eigenvalue weighted by molar-refractivity contribution is 0.432. The molecule has 0 aliphatic rings. The van der Waals surface area contributed by atoms with Gasteiger partial charge in [-0.3, -0.25) is 4.98 Å². The fourth-order valence-corrected chi connectivity index (χ4v) is 2.70. The Morgan fingerprint density at radius 3 is 2.35 bits per heavy atom. The first kappa shape index (κ1) is 17.5. The van der Waals surface area contributed by atoms with E-state index >= 15 is 0 Å². The zero-order chi connectivity index (χ0) is 16.5. The first-order valence-electron chi connectivity index (χ1n) is 8.64. The molecule has 0 radical (unpaired) electrons. The van der Waals surface area contributed by atoms with E-state index in [1.165, 1.54) is 62.6 Å². The molecular formula is C20H26FNO. The lowest BCUT2D eigenvalue weighted by atomic mass is 10.0. The highest BCUT2D eigenvalue weighted by molar-refractivity contribution is 5.60. The molecule has 0 atom stereocenters. The minimum Gasteiger partial charge on any atom is -0.505 e. The molecule has 1 aromatic carbocycles. The third-order valence-electron chi connectivity index (χ3n) is 4.14. The third kappa shape index (κ3) is 5.66. The molecular weight excluding hydrogens is 289 g/mol. The van der Waals surface area contributed by atoms with Crippen molar-refractivity contribution in [3.63, 3.8) is 0 Å². The molecule has 0 unspecified atom stereocenters. The Labute approximate surface area is 138 Å². The molecule has 0 aliphatic heterocycles. The number of aromatic hydroxyl groups is 1. The normalized spacial score (nSPS) is 10.9. The zero-order valence-electron chi connectivity index (χ0n) is 13.9. The van der Waals surface area contributed by atoms with Crippen molar-refractivity contribution in [2.24, 2.45) is 0 Å². The maximum atomic E-state index is 13.4. The predicted molar refractivity (Wildman–Crippen MR) is 93.0 cm³/mol. The van der Waals surface area contributed by atoms with Gasteiger partial charge in [0.15, 0.2) is 11.6 Å². The summed E-state index contributed by atoms with van der Waals surface area (Å²) >= 11 is 0. The van der Waals surface area contributed by atoms with E-state index in [1.807, 2.05) is 12.3 Å². The van der Waals surface area contributed by atoms with Crippen LogP contribution in [0.5, 0.6) is 5.75 Å². The molecule has 0 saturated heterocycles. The number of benzene rings is 1. The Kier molecular flexibility index (Phi) is 7.05. The van der Waals surface area contributed by atoms with Crippen LogP contribution in [0.1, 0.15) is 57.4 Å². The van der Waals surface area contributed by atoms with Crippen LogP contribution in [0.15, 0.2) is 36.5 Å². The number of hydrogen-bond acceptors (Lipinski definition) is 2. The van der Waals surface area contributed by atoms with Crippen LogP contribution in [0.25, 0.3) is 11.3 Å². The average molecular weight is 315 g/mol. The number of unbranched alkanes of at least 4 members (excludes halogenated alkanes) is 6. The van der Waals surface area contributed by atoms with E-state index in [2.05, 4.69) is 18.0 Å². The molecule has 2 aromatic rings. The molecule has 0 amide bonds. The monoisotopic (exact) mass is 315 g/mol. The highest BCUT2D eigenvalue weighted by atomic mass is 19.1. The van der Waals surface area contributed by atoms with Crippen LogP contribution in [0, 0.1) is 5.82 Å². The minimum atomic E-state index is -0.614. The molecule has 0 saturated carbocycles. The Balaban J connectivity index is 1.79. The van der Waals surface area contributed by atoms with Crippen molar-refractivity contribution >= 4 is 0 Å². The van der Waals surface area contributed by atoms with E-state index in [1.54, 1.807) is 6.07 Å². The van der Waals surface area contributed by atoms with Gasteiger partial charge < -0.3 is 5.11 Å². The molecule has 0 aliphatic carbocycles. The summed E-state index contributed by atoms with van der Waals surface area (Å²) in [5, 5.41) is 9.23. The van der Waals surface area contributed by atoms with Crippen LogP contribution < -0.4 is 0 Å². The van der Waals surface area contributed by atoms with Crippen molar-refractivity contribution in [3.8, 4) is 17.0 Å². The number of phenols is 1. The van der Waals surface area contributed by atoms with Crippen molar-refractivity contribution in [1.29, 1.82) is 0 Å². The van der Waals surface area contributed by atoms with Gasteiger partial charge in [0.25, 0.3) is 0 Å². The summed E-state index contributed by atoms with van der Waals surface area (Å²) in [4.78, 5) is 4.41. The van der Waals surface area contributed by atoms with Gasteiger partial charge in [-0.15, -0.1) is 0 Å². The summed E-state index contributed by atoms with van der Waals surface area (Å²) in [5.41, 5.74) is 2.64. The van der Waals surface area contributed by atoms with Crippen LogP contribution in [-0.2, 0) is 6.42 Å². The van der Waals surface area contributed by atoms with Crippen molar-refractivity contribution < 1.29 is 9.50 Å². The van der Waals surface area contributed by atoms with Crippen LogP contribution >= 0.6 is 0 Å². The van der Waals surface area contributed by atoms with Gasteiger partial charge in [-0.1, -0.05) is 51.5 Å². The number of hydrogen-bond donors (Lipinski definition) is 1. The summed E-state index contributed by atoms with van der Waals surface area (Å²) in [6.07, 6.45) is 12.1. The SMILES string of the molecule is CCCCCCCCCc1ccc(-c2ccc(O)c(F)c2)nc1.